The highest BCUT2D eigenvalue weighted by Gasteiger charge is 2.29. The van der Waals surface area contributed by atoms with Crippen LogP contribution in [0.5, 0.6) is 0 Å². The Labute approximate surface area is 149 Å². The molecular weight excluding hydrogens is 321 g/mol. The van der Waals surface area contributed by atoms with Crippen LogP contribution in [-0.4, -0.2) is 49.3 Å². The van der Waals surface area contributed by atoms with Gasteiger partial charge in [-0.05, 0) is 50.6 Å². The van der Waals surface area contributed by atoms with Gasteiger partial charge in [-0.25, -0.2) is 9.18 Å². The van der Waals surface area contributed by atoms with E-state index in [1.165, 1.54) is 12.1 Å². The van der Waals surface area contributed by atoms with Crippen LogP contribution in [0.4, 0.5) is 9.18 Å². The van der Waals surface area contributed by atoms with Crippen LogP contribution in [0.25, 0.3) is 0 Å². The fourth-order valence-corrected chi connectivity index (χ4v) is 3.34. The van der Waals surface area contributed by atoms with Crippen molar-refractivity contribution in [3.05, 3.63) is 35.6 Å². The summed E-state index contributed by atoms with van der Waals surface area (Å²) in [4.78, 5) is 14.7. The van der Waals surface area contributed by atoms with Gasteiger partial charge in [0.25, 0.3) is 0 Å². The number of nitrogens with zero attached hydrogens (tertiary/aromatic N) is 1. The van der Waals surface area contributed by atoms with Crippen LogP contribution < -0.4 is 10.6 Å². The third-order valence-corrected chi connectivity index (χ3v) is 4.85. The zero-order valence-corrected chi connectivity index (χ0v) is 15.4. The predicted molar refractivity (Wildman–Crippen MR) is 97.0 cm³/mol. The molecule has 0 spiro atoms. The summed E-state index contributed by atoms with van der Waals surface area (Å²) in [6.07, 6.45) is 1.79. The maximum atomic E-state index is 13.2. The third-order valence-electron chi connectivity index (χ3n) is 4.85. The second-order valence-electron chi connectivity index (χ2n) is 6.51. The van der Waals surface area contributed by atoms with Crippen molar-refractivity contribution in [3.8, 4) is 0 Å². The maximum absolute atomic E-state index is 13.2. The molecule has 3 unspecified atom stereocenters. The van der Waals surface area contributed by atoms with Gasteiger partial charge in [-0.3, -0.25) is 4.90 Å². The average Bonchev–Trinajstić information content (AvgIpc) is 3.14. The smallest absolute Gasteiger partial charge is 0.315 e. The number of ether oxygens (including phenoxy) is 1. The Morgan fingerprint density at radius 1 is 1.32 bits per heavy atom. The van der Waals surface area contributed by atoms with E-state index in [1.807, 2.05) is 0 Å². The molecule has 25 heavy (non-hydrogen) atoms. The Kier molecular flexibility index (Phi) is 7.65. The molecule has 2 N–H and O–H groups in total. The fraction of sp³-hybridized carbons (Fsp3) is 0.632. The molecule has 1 aliphatic rings. The first kappa shape index (κ1) is 19.7. The summed E-state index contributed by atoms with van der Waals surface area (Å²) in [5.74, 6) is -0.285. The van der Waals surface area contributed by atoms with Gasteiger partial charge in [0.15, 0.2) is 0 Å². The molecule has 2 amide bonds. The summed E-state index contributed by atoms with van der Waals surface area (Å²) < 4.78 is 19.0. The van der Waals surface area contributed by atoms with Crippen molar-refractivity contribution in [2.24, 2.45) is 0 Å². The molecule has 1 heterocycles. The Hall–Kier alpha value is -1.66. The lowest BCUT2D eigenvalue weighted by atomic mass is 9.99. The Morgan fingerprint density at radius 2 is 2.00 bits per heavy atom. The summed E-state index contributed by atoms with van der Waals surface area (Å²) in [6.45, 7) is 9.51. The van der Waals surface area contributed by atoms with E-state index in [-0.39, 0.29) is 30.0 Å². The molecule has 140 valence electrons. The van der Waals surface area contributed by atoms with E-state index in [0.29, 0.717) is 13.2 Å². The number of benzene rings is 1. The highest BCUT2D eigenvalue weighted by atomic mass is 19.1. The number of hydrogen-bond acceptors (Lipinski definition) is 3. The topological polar surface area (TPSA) is 53.6 Å². The summed E-state index contributed by atoms with van der Waals surface area (Å²) in [5.41, 5.74) is 0.861. The van der Waals surface area contributed by atoms with Crippen LogP contribution >= 0.6 is 0 Å². The number of amides is 2. The molecule has 0 radical (unpaired) electrons. The van der Waals surface area contributed by atoms with Crippen LogP contribution in [-0.2, 0) is 4.74 Å². The highest BCUT2D eigenvalue weighted by Crippen LogP contribution is 2.27. The summed E-state index contributed by atoms with van der Waals surface area (Å²) >= 11 is 0. The lowest BCUT2D eigenvalue weighted by molar-refractivity contribution is 0.0806. The van der Waals surface area contributed by atoms with Crippen molar-refractivity contribution < 1.29 is 13.9 Å². The van der Waals surface area contributed by atoms with Crippen LogP contribution in [0.2, 0.25) is 0 Å². The highest BCUT2D eigenvalue weighted by molar-refractivity contribution is 5.74. The average molecular weight is 351 g/mol. The molecule has 1 aromatic rings. The minimum Gasteiger partial charge on any atom is -0.376 e. The molecule has 0 saturated carbocycles. The van der Waals surface area contributed by atoms with Crippen LogP contribution in [0.1, 0.15) is 45.2 Å². The fourth-order valence-electron chi connectivity index (χ4n) is 3.34. The lowest BCUT2D eigenvalue weighted by Crippen LogP contribution is -2.47. The van der Waals surface area contributed by atoms with Crippen molar-refractivity contribution in [1.29, 1.82) is 0 Å². The number of rotatable bonds is 8. The number of halogens is 1. The lowest BCUT2D eigenvalue weighted by Gasteiger charge is -2.28. The third kappa shape index (κ3) is 5.68. The van der Waals surface area contributed by atoms with Crippen LogP contribution in [0.15, 0.2) is 24.3 Å². The van der Waals surface area contributed by atoms with Gasteiger partial charge in [-0.2, -0.15) is 0 Å². The first-order valence-electron chi connectivity index (χ1n) is 9.20. The number of nitrogens with one attached hydrogen (secondary N) is 2. The van der Waals surface area contributed by atoms with Gasteiger partial charge in [0, 0.05) is 19.2 Å². The standard InChI is InChI=1S/C19H30FN3O2/c1-4-23(5-2)14(3)13-21-19(24)22-18(17-7-6-12-25-17)15-8-10-16(20)11-9-15/h8-11,14,17-18H,4-7,12-13H2,1-3H3,(H2,21,22,24). The molecule has 1 saturated heterocycles. The molecule has 0 aliphatic carbocycles. The van der Waals surface area contributed by atoms with Gasteiger partial charge in [0.2, 0.25) is 0 Å². The van der Waals surface area contributed by atoms with Gasteiger partial charge in [0.05, 0.1) is 12.1 Å². The Morgan fingerprint density at radius 3 is 2.56 bits per heavy atom. The van der Waals surface area contributed by atoms with Gasteiger partial charge >= 0.3 is 6.03 Å². The number of carbonyl (C=O) groups excluding carboxylic acids is 1. The van der Waals surface area contributed by atoms with E-state index in [1.54, 1.807) is 12.1 Å². The summed E-state index contributed by atoms with van der Waals surface area (Å²) in [5, 5.41) is 5.95. The Bertz CT molecular complexity index is 528. The molecule has 5 nitrogen and oxygen atoms in total. The number of carbonyl (C=O) groups is 1. The minimum atomic E-state index is -0.285. The minimum absolute atomic E-state index is 0.0728. The maximum Gasteiger partial charge on any atom is 0.315 e. The zero-order valence-electron chi connectivity index (χ0n) is 15.4. The van der Waals surface area contributed by atoms with Crippen molar-refractivity contribution in [2.75, 3.05) is 26.2 Å². The van der Waals surface area contributed by atoms with Crippen molar-refractivity contribution in [3.63, 3.8) is 0 Å². The quantitative estimate of drug-likeness (QED) is 0.757. The molecule has 1 aromatic carbocycles. The predicted octanol–water partition coefficient (Wildman–Crippen LogP) is 3.08. The molecular formula is C19H30FN3O2. The van der Waals surface area contributed by atoms with Gasteiger partial charge in [-0.15, -0.1) is 0 Å². The van der Waals surface area contributed by atoms with E-state index in [4.69, 9.17) is 4.74 Å². The molecule has 3 atom stereocenters. The number of hydrogen-bond donors (Lipinski definition) is 2. The van der Waals surface area contributed by atoms with Crippen molar-refractivity contribution in [1.82, 2.24) is 15.5 Å². The second kappa shape index (κ2) is 9.73. The summed E-state index contributed by atoms with van der Waals surface area (Å²) in [7, 11) is 0. The normalized spacial score (nSPS) is 19.6. The van der Waals surface area contributed by atoms with Crippen LogP contribution in [0.3, 0.4) is 0 Å². The van der Waals surface area contributed by atoms with E-state index in [9.17, 15) is 9.18 Å². The van der Waals surface area contributed by atoms with E-state index in [0.717, 1.165) is 31.5 Å². The number of likely N-dealkylation sites (N-methyl/N-ethyl adjacent to an activating group) is 1. The largest absolute Gasteiger partial charge is 0.376 e. The molecule has 2 rings (SSSR count). The van der Waals surface area contributed by atoms with Crippen LogP contribution in [0, 0.1) is 5.82 Å². The Balaban J connectivity index is 1.96. The van der Waals surface area contributed by atoms with Gasteiger partial charge in [-0.1, -0.05) is 26.0 Å². The molecule has 0 aromatic heterocycles. The number of urea groups is 1. The van der Waals surface area contributed by atoms with Crippen molar-refractivity contribution >= 4 is 6.03 Å². The van der Waals surface area contributed by atoms with E-state index >= 15 is 0 Å². The monoisotopic (exact) mass is 351 g/mol. The summed E-state index contributed by atoms with van der Waals surface area (Å²) in [6, 6.07) is 6.03. The van der Waals surface area contributed by atoms with Gasteiger partial charge < -0.3 is 15.4 Å². The van der Waals surface area contributed by atoms with E-state index in [2.05, 4.69) is 36.3 Å². The SMILES string of the molecule is CCN(CC)C(C)CNC(=O)NC(c1ccc(F)cc1)C1CCCO1. The molecule has 1 fully saturated rings. The molecule has 1 aliphatic heterocycles. The first-order valence-corrected chi connectivity index (χ1v) is 9.20. The molecule has 0 bridgehead atoms. The first-order chi connectivity index (χ1) is 12.0. The van der Waals surface area contributed by atoms with E-state index < -0.39 is 0 Å². The zero-order chi connectivity index (χ0) is 18.2. The molecule has 6 heteroatoms. The van der Waals surface area contributed by atoms with Gasteiger partial charge in [0.1, 0.15) is 5.82 Å². The van der Waals surface area contributed by atoms with Crippen molar-refractivity contribution in [2.45, 2.75) is 51.8 Å². The second-order valence-corrected chi connectivity index (χ2v) is 6.51.